The van der Waals surface area contributed by atoms with Gasteiger partial charge < -0.3 is 9.84 Å². The van der Waals surface area contributed by atoms with Crippen LogP contribution in [0.3, 0.4) is 0 Å². The molecular weight excluding hydrogens is 337 g/mol. The molecule has 1 aromatic carbocycles. The van der Waals surface area contributed by atoms with Crippen LogP contribution in [0.1, 0.15) is 25.0 Å². The second kappa shape index (κ2) is 6.34. The molecule has 0 amide bonds. The lowest BCUT2D eigenvalue weighted by molar-refractivity contribution is -0.358. The fraction of sp³-hybridized carbons (Fsp3) is 0.462. The van der Waals surface area contributed by atoms with E-state index in [1.165, 1.54) is 12.1 Å². The van der Waals surface area contributed by atoms with Gasteiger partial charge in [0.15, 0.2) is 0 Å². The van der Waals surface area contributed by atoms with Crippen LogP contribution in [0.15, 0.2) is 24.3 Å². The maximum Gasteiger partial charge on any atom is 0.459 e. The number of para-hydroxylation sites is 1. The molecule has 0 heterocycles. The van der Waals surface area contributed by atoms with Gasteiger partial charge in [-0.15, -0.1) is 0 Å². The van der Waals surface area contributed by atoms with Crippen LogP contribution < -0.4 is 4.74 Å². The normalized spacial score (nSPS) is 14.5. The van der Waals surface area contributed by atoms with Crippen LogP contribution in [0.2, 0.25) is 0 Å². The van der Waals surface area contributed by atoms with Gasteiger partial charge in [0.25, 0.3) is 0 Å². The van der Waals surface area contributed by atoms with Crippen molar-refractivity contribution in [1.29, 1.82) is 0 Å². The molecule has 0 fully saturated rings. The Morgan fingerprint density at radius 3 is 2.13 bits per heavy atom. The van der Waals surface area contributed by atoms with Crippen LogP contribution in [-0.2, 0) is 4.79 Å². The van der Waals surface area contributed by atoms with Crippen molar-refractivity contribution < 1.29 is 45.4 Å². The minimum absolute atomic E-state index is 0.418. The van der Waals surface area contributed by atoms with E-state index in [1.807, 2.05) is 0 Å². The number of carbonyl (C=O) groups excluding carboxylic acids is 1. The predicted molar refractivity (Wildman–Crippen MR) is 63.3 cm³/mol. The summed E-state index contributed by atoms with van der Waals surface area (Å²) < 4.78 is 93.0. The number of hydrogen-bond acceptors (Lipinski definition) is 3. The smallest absolute Gasteiger partial charge is 0.426 e. The lowest BCUT2D eigenvalue weighted by Crippen LogP contribution is -2.52. The van der Waals surface area contributed by atoms with Crippen LogP contribution in [0, 0.1) is 0 Å². The van der Waals surface area contributed by atoms with E-state index in [0.717, 1.165) is 19.1 Å². The first-order chi connectivity index (χ1) is 10.3. The number of hydrogen-bond donors (Lipinski definition) is 1. The van der Waals surface area contributed by atoms with Crippen molar-refractivity contribution in [2.75, 3.05) is 0 Å². The number of aliphatic hydroxyl groups is 1. The summed E-state index contributed by atoms with van der Waals surface area (Å²) in [5, 5.41) is 9.61. The second-order valence-corrected chi connectivity index (χ2v) is 4.63. The molecule has 23 heavy (non-hydrogen) atoms. The maximum absolute atomic E-state index is 13.3. The first-order valence-electron chi connectivity index (χ1n) is 6.07. The van der Waals surface area contributed by atoms with Crippen molar-refractivity contribution in [3.8, 4) is 5.75 Å². The molecule has 0 aliphatic rings. The van der Waals surface area contributed by atoms with E-state index >= 15 is 0 Å². The standard InChI is InChI=1S/C13H11F7O3/c1-7(21)23-10-5-3-2-4-8(10)9(22)6-11(14,15)12(16,17)13(18,19)20/h2-5,9,22H,6H2,1H3. The van der Waals surface area contributed by atoms with Crippen LogP contribution in [0.25, 0.3) is 0 Å². The molecule has 130 valence electrons. The Labute approximate surface area is 125 Å². The van der Waals surface area contributed by atoms with Gasteiger partial charge in [-0.2, -0.15) is 30.7 Å². The molecule has 0 aromatic heterocycles. The number of carbonyl (C=O) groups is 1. The molecule has 0 spiro atoms. The molecule has 0 saturated carbocycles. The first-order valence-corrected chi connectivity index (χ1v) is 6.07. The molecule has 1 aromatic rings. The molecule has 0 bridgehead atoms. The molecule has 10 heteroatoms. The van der Waals surface area contributed by atoms with E-state index in [9.17, 15) is 40.6 Å². The van der Waals surface area contributed by atoms with Gasteiger partial charge in [0.05, 0.1) is 6.10 Å². The number of aliphatic hydroxyl groups excluding tert-OH is 1. The molecule has 3 nitrogen and oxygen atoms in total. The van der Waals surface area contributed by atoms with Gasteiger partial charge in [-0.1, -0.05) is 18.2 Å². The Kier molecular flexibility index (Phi) is 5.30. The molecule has 1 atom stereocenters. The van der Waals surface area contributed by atoms with E-state index in [0.29, 0.717) is 0 Å². The number of halogens is 7. The fourth-order valence-corrected chi connectivity index (χ4v) is 1.69. The lowest BCUT2D eigenvalue weighted by Gasteiger charge is -2.29. The Morgan fingerprint density at radius 1 is 1.13 bits per heavy atom. The Bertz CT molecular complexity index is 569. The monoisotopic (exact) mass is 348 g/mol. The zero-order chi connectivity index (χ0) is 18.1. The van der Waals surface area contributed by atoms with Crippen LogP contribution >= 0.6 is 0 Å². The summed E-state index contributed by atoms with van der Waals surface area (Å²) >= 11 is 0. The molecule has 1 unspecified atom stereocenters. The van der Waals surface area contributed by atoms with E-state index in [2.05, 4.69) is 4.74 Å². The van der Waals surface area contributed by atoms with E-state index in [1.54, 1.807) is 0 Å². The van der Waals surface area contributed by atoms with Crippen molar-refractivity contribution in [2.24, 2.45) is 0 Å². The van der Waals surface area contributed by atoms with Gasteiger partial charge in [-0.3, -0.25) is 4.79 Å². The van der Waals surface area contributed by atoms with Gasteiger partial charge in [-0.25, -0.2) is 0 Å². The highest BCUT2D eigenvalue weighted by Gasteiger charge is 2.72. The molecule has 0 aliphatic heterocycles. The average molecular weight is 348 g/mol. The number of benzene rings is 1. The molecule has 1 N–H and O–H groups in total. The predicted octanol–water partition coefficient (Wildman–Crippen LogP) is 3.87. The van der Waals surface area contributed by atoms with Gasteiger partial charge in [-0.05, 0) is 6.07 Å². The summed E-state index contributed by atoms with van der Waals surface area (Å²) in [6, 6.07) is 4.52. The topological polar surface area (TPSA) is 46.5 Å². The van der Waals surface area contributed by atoms with E-state index in [4.69, 9.17) is 0 Å². The Morgan fingerprint density at radius 2 is 1.65 bits per heavy atom. The van der Waals surface area contributed by atoms with Crippen molar-refractivity contribution in [3.05, 3.63) is 29.8 Å². The van der Waals surface area contributed by atoms with Crippen LogP contribution in [0.5, 0.6) is 5.75 Å². The van der Waals surface area contributed by atoms with Gasteiger partial charge in [0.1, 0.15) is 5.75 Å². The quantitative estimate of drug-likeness (QED) is 0.499. The fourth-order valence-electron chi connectivity index (χ4n) is 1.69. The highest BCUT2D eigenvalue weighted by molar-refractivity contribution is 5.69. The molecule has 0 saturated heterocycles. The SMILES string of the molecule is CC(=O)Oc1ccccc1C(O)CC(F)(F)C(F)(F)C(F)(F)F. The molecule has 0 aliphatic carbocycles. The zero-order valence-corrected chi connectivity index (χ0v) is 11.5. The highest BCUT2D eigenvalue weighted by Crippen LogP contribution is 2.50. The minimum atomic E-state index is -6.48. The van der Waals surface area contributed by atoms with E-state index in [-0.39, 0.29) is 0 Å². The van der Waals surface area contributed by atoms with E-state index < -0.39 is 47.8 Å². The summed E-state index contributed by atoms with van der Waals surface area (Å²) in [7, 11) is 0. The molecule has 1 rings (SSSR count). The maximum atomic E-state index is 13.3. The summed E-state index contributed by atoms with van der Waals surface area (Å²) in [4.78, 5) is 10.8. The first kappa shape index (κ1) is 19.2. The zero-order valence-electron chi connectivity index (χ0n) is 11.5. The lowest BCUT2D eigenvalue weighted by atomic mass is 9.98. The highest BCUT2D eigenvalue weighted by atomic mass is 19.4. The minimum Gasteiger partial charge on any atom is -0.426 e. The third-order valence-electron chi connectivity index (χ3n) is 2.80. The second-order valence-electron chi connectivity index (χ2n) is 4.63. The molecular formula is C13H11F7O3. The summed E-state index contributed by atoms with van der Waals surface area (Å²) in [6.07, 6.45) is -11.1. The molecule has 0 radical (unpaired) electrons. The average Bonchev–Trinajstić information content (AvgIpc) is 2.36. The third kappa shape index (κ3) is 4.12. The van der Waals surface area contributed by atoms with Crippen molar-refractivity contribution in [3.63, 3.8) is 0 Å². The van der Waals surface area contributed by atoms with Crippen molar-refractivity contribution >= 4 is 5.97 Å². The van der Waals surface area contributed by atoms with Gasteiger partial charge in [0.2, 0.25) is 0 Å². The Balaban J connectivity index is 3.08. The van der Waals surface area contributed by atoms with Gasteiger partial charge >= 0.3 is 24.0 Å². The summed E-state index contributed by atoms with van der Waals surface area (Å²) in [5.41, 5.74) is -0.514. The number of ether oxygens (including phenoxy) is 1. The summed E-state index contributed by atoms with van der Waals surface area (Å²) in [6.45, 7) is 0.954. The van der Waals surface area contributed by atoms with Gasteiger partial charge in [0, 0.05) is 18.9 Å². The number of alkyl halides is 7. The number of esters is 1. The number of rotatable bonds is 5. The van der Waals surface area contributed by atoms with Crippen molar-refractivity contribution in [1.82, 2.24) is 0 Å². The summed E-state index contributed by atoms with van der Waals surface area (Å²) in [5.74, 6) is -13.2. The van der Waals surface area contributed by atoms with Crippen molar-refractivity contribution in [2.45, 2.75) is 37.5 Å². The largest absolute Gasteiger partial charge is 0.459 e. The Hall–Kier alpha value is -1.84. The third-order valence-corrected chi connectivity index (χ3v) is 2.80. The van der Waals surface area contributed by atoms with Crippen LogP contribution in [-0.4, -0.2) is 29.1 Å². The van der Waals surface area contributed by atoms with Crippen LogP contribution in [0.4, 0.5) is 30.7 Å².